The standard InChI is InChI=1S/C11H13NO3S/c1-15-11(14)12-8-10-9(5-7-16-10)4-2-3-6-13/h5,7,13H,3,6,8H2,1H3,(H,12,14). The number of rotatable bonds is 3. The Morgan fingerprint density at radius 2 is 2.50 bits per heavy atom. The van der Waals surface area contributed by atoms with Gasteiger partial charge in [-0.05, 0) is 11.4 Å². The van der Waals surface area contributed by atoms with Gasteiger partial charge in [-0.25, -0.2) is 4.79 Å². The van der Waals surface area contributed by atoms with Gasteiger partial charge >= 0.3 is 6.09 Å². The van der Waals surface area contributed by atoms with Gasteiger partial charge in [0.15, 0.2) is 0 Å². The highest BCUT2D eigenvalue weighted by Gasteiger charge is 2.04. The topological polar surface area (TPSA) is 58.6 Å². The molecule has 0 bridgehead atoms. The van der Waals surface area contributed by atoms with Crippen molar-refractivity contribution < 1.29 is 14.6 Å². The van der Waals surface area contributed by atoms with E-state index in [-0.39, 0.29) is 6.61 Å². The van der Waals surface area contributed by atoms with Gasteiger partial charge in [0.25, 0.3) is 0 Å². The molecule has 0 unspecified atom stereocenters. The van der Waals surface area contributed by atoms with Crippen LogP contribution in [0.1, 0.15) is 16.9 Å². The van der Waals surface area contributed by atoms with Gasteiger partial charge in [0.1, 0.15) is 0 Å². The van der Waals surface area contributed by atoms with Crippen LogP contribution in [0, 0.1) is 11.8 Å². The molecule has 1 aromatic rings. The Hall–Kier alpha value is -1.51. The Kier molecular flexibility index (Phi) is 5.40. The molecule has 1 aromatic heterocycles. The van der Waals surface area contributed by atoms with E-state index in [2.05, 4.69) is 21.9 Å². The van der Waals surface area contributed by atoms with Crippen LogP contribution in [0.25, 0.3) is 0 Å². The molecule has 0 aliphatic rings. The van der Waals surface area contributed by atoms with Crippen LogP contribution in [-0.4, -0.2) is 24.9 Å². The summed E-state index contributed by atoms with van der Waals surface area (Å²) < 4.78 is 4.47. The van der Waals surface area contributed by atoms with E-state index in [1.54, 1.807) is 0 Å². The van der Waals surface area contributed by atoms with Crippen molar-refractivity contribution in [2.75, 3.05) is 13.7 Å². The molecule has 4 nitrogen and oxygen atoms in total. The summed E-state index contributed by atoms with van der Waals surface area (Å²) in [7, 11) is 1.33. The molecule has 0 aromatic carbocycles. The molecule has 0 saturated heterocycles. The highest BCUT2D eigenvalue weighted by atomic mass is 32.1. The summed E-state index contributed by atoms with van der Waals surface area (Å²) in [6, 6.07) is 1.89. The van der Waals surface area contributed by atoms with Crippen LogP contribution in [0.2, 0.25) is 0 Å². The summed E-state index contributed by atoms with van der Waals surface area (Å²) >= 11 is 1.52. The Labute approximate surface area is 98.2 Å². The second-order valence-electron chi connectivity index (χ2n) is 2.88. The third-order valence-electron chi connectivity index (χ3n) is 1.78. The van der Waals surface area contributed by atoms with Crippen LogP contribution < -0.4 is 5.32 Å². The lowest BCUT2D eigenvalue weighted by Gasteiger charge is -2.01. The van der Waals surface area contributed by atoms with Gasteiger partial charge in [-0.15, -0.1) is 11.3 Å². The number of carbonyl (C=O) groups excluding carboxylic acids is 1. The third-order valence-corrected chi connectivity index (χ3v) is 2.70. The highest BCUT2D eigenvalue weighted by Crippen LogP contribution is 2.15. The summed E-state index contributed by atoms with van der Waals surface area (Å²) in [5.74, 6) is 5.79. The molecule has 5 heteroatoms. The number of hydrogen-bond donors (Lipinski definition) is 2. The number of aliphatic hydroxyl groups is 1. The van der Waals surface area contributed by atoms with E-state index in [1.165, 1.54) is 18.4 Å². The van der Waals surface area contributed by atoms with Crippen LogP contribution >= 0.6 is 11.3 Å². The van der Waals surface area contributed by atoms with E-state index in [0.717, 1.165) is 10.4 Å². The lowest BCUT2D eigenvalue weighted by Crippen LogP contribution is -2.22. The van der Waals surface area contributed by atoms with Crippen LogP contribution in [0.15, 0.2) is 11.4 Å². The smallest absolute Gasteiger partial charge is 0.407 e. The first-order valence-electron chi connectivity index (χ1n) is 4.76. The van der Waals surface area contributed by atoms with Gasteiger partial charge in [0, 0.05) is 16.9 Å². The van der Waals surface area contributed by atoms with E-state index in [1.807, 2.05) is 11.4 Å². The Morgan fingerprint density at radius 1 is 1.69 bits per heavy atom. The summed E-state index contributed by atoms with van der Waals surface area (Å²) in [6.07, 6.45) is 0.00219. The first-order chi connectivity index (χ1) is 7.77. The van der Waals surface area contributed by atoms with E-state index >= 15 is 0 Å². The van der Waals surface area contributed by atoms with E-state index in [4.69, 9.17) is 5.11 Å². The number of thiophene rings is 1. The number of ether oxygens (including phenoxy) is 1. The maximum atomic E-state index is 10.9. The minimum Gasteiger partial charge on any atom is -0.453 e. The summed E-state index contributed by atoms with van der Waals surface area (Å²) in [5, 5.41) is 13.1. The van der Waals surface area contributed by atoms with Gasteiger partial charge in [0.2, 0.25) is 0 Å². The van der Waals surface area contributed by atoms with Gasteiger partial charge in [-0.2, -0.15) is 0 Å². The number of aliphatic hydroxyl groups excluding tert-OH is 1. The predicted octanol–water partition coefficient (Wildman–Crippen LogP) is 1.34. The molecule has 0 aliphatic carbocycles. The molecule has 2 N–H and O–H groups in total. The van der Waals surface area contributed by atoms with Crippen molar-refractivity contribution in [3.63, 3.8) is 0 Å². The highest BCUT2D eigenvalue weighted by molar-refractivity contribution is 7.10. The Morgan fingerprint density at radius 3 is 3.19 bits per heavy atom. The van der Waals surface area contributed by atoms with Crippen molar-refractivity contribution in [1.82, 2.24) is 5.32 Å². The summed E-state index contributed by atoms with van der Waals surface area (Å²) in [4.78, 5) is 11.9. The molecule has 0 aliphatic heterocycles. The lowest BCUT2D eigenvalue weighted by molar-refractivity contribution is 0.170. The van der Waals surface area contributed by atoms with Gasteiger partial charge in [-0.3, -0.25) is 0 Å². The zero-order valence-electron chi connectivity index (χ0n) is 8.95. The van der Waals surface area contributed by atoms with Crippen molar-refractivity contribution >= 4 is 17.4 Å². The molecule has 0 saturated carbocycles. The molecule has 1 heterocycles. The Balaban J connectivity index is 2.58. The summed E-state index contributed by atoms with van der Waals surface area (Å²) in [5.41, 5.74) is 0.884. The van der Waals surface area contributed by atoms with E-state index in [0.29, 0.717) is 13.0 Å². The molecule has 0 fully saturated rings. The third kappa shape index (κ3) is 3.93. The Bertz CT molecular complexity index is 403. The monoisotopic (exact) mass is 239 g/mol. The average molecular weight is 239 g/mol. The molecular weight excluding hydrogens is 226 g/mol. The number of alkyl carbamates (subject to hydrolysis) is 1. The normalized spacial score (nSPS) is 9.12. The predicted molar refractivity (Wildman–Crippen MR) is 62.1 cm³/mol. The van der Waals surface area contributed by atoms with Crippen molar-refractivity contribution in [2.45, 2.75) is 13.0 Å². The molecule has 1 amide bonds. The SMILES string of the molecule is COC(=O)NCc1sccc1C#CCCO. The number of nitrogens with one attached hydrogen (secondary N) is 1. The van der Waals surface area contributed by atoms with Crippen molar-refractivity contribution in [1.29, 1.82) is 0 Å². The van der Waals surface area contributed by atoms with Crippen molar-refractivity contribution in [3.8, 4) is 11.8 Å². The second kappa shape index (κ2) is 6.88. The molecule has 16 heavy (non-hydrogen) atoms. The lowest BCUT2D eigenvalue weighted by atomic mass is 10.2. The zero-order valence-corrected chi connectivity index (χ0v) is 9.76. The summed E-state index contributed by atoms with van der Waals surface area (Å²) in [6.45, 7) is 0.473. The average Bonchev–Trinajstić information content (AvgIpc) is 2.74. The number of methoxy groups -OCH3 is 1. The second-order valence-corrected chi connectivity index (χ2v) is 3.88. The fraction of sp³-hybridized carbons (Fsp3) is 0.364. The first-order valence-corrected chi connectivity index (χ1v) is 5.63. The van der Waals surface area contributed by atoms with Gasteiger partial charge in [0.05, 0.1) is 20.3 Å². The zero-order chi connectivity index (χ0) is 11.8. The van der Waals surface area contributed by atoms with Crippen LogP contribution in [0.4, 0.5) is 4.79 Å². The fourth-order valence-electron chi connectivity index (χ4n) is 1.03. The number of hydrogen-bond acceptors (Lipinski definition) is 4. The first kappa shape index (κ1) is 12.6. The quantitative estimate of drug-likeness (QED) is 0.782. The largest absolute Gasteiger partial charge is 0.453 e. The molecule has 0 spiro atoms. The van der Waals surface area contributed by atoms with E-state index in [9.17, 15) is 4.79 Å². The van der Waals surface area contributed by atoms with Gasteiger partial charge < -0.3 is 15.2 Å². The maximum absolute atomic E-state index is 10.9. The fourth-order valence-corrected chi connectivity index (χ4v) is 1.80. The molecule has 1 rings (SSSR count). The maximum Gasteiger partial charge on any atom is 0.407 e. The molecule has 86 valence electrons. The van der Waals surface area contributed by atoms with Gasteiger partial charge in [-0.1, -0.05) is 11.8 Å². The van der Waals surface area contributed by atoms with Crippen molar-refractivity contribution in [3.05, 3.63) is 21.9 Å². The van der Waals surface area contributed by atoms with E-state index < -0.39 is 6.09 Å². The minimum atomic E-state index is -0.456. The van der Waals surface area contributed by atoms with Crippen LogP contribution in [-0.2, 0) is 11.3 Å². The van der Waals surface area contributed by atoms with Crippen molar-refractivity contribution in [2.24, 2.45) is 0 Å². The minimum absolute atomic E-state index is 0.0624. The molecular formula is C11H13NO3S. The number of amides is 1. The van der Waals surface area contributed by atoms with Crippen LogP contribution in [0.3, 0.4) is 0 Å². The van der Waals surface area contributed by atoms with Crippen LogP contribution in [0.5, 0.6) is 0 Å². The molecule has 0 atom stereocenters. The molecule has 0 radical (unpaired) electrons. The number of carbonyl (C=O) groups is 1.